The van der Waals surface area contributed by atoms with Gasteiger partial charge in [0.1, 0.15) is 5.69 Å². The van der Waals surface area contributed by atoms with Crippen LogP contribution in [0.3, 0.4) is 0 Å². The van der Waals surface area contributed by atoms with Gasteiger partial charge < -0.3 is 9.63 Å². The number of nitrogens with zero attached hydrogens (tertiary/aromatic N) is 3. The minimum Gasteiger partial charge on any atom is -0.393 e. The lowest BCUT2D eigenvalue weighted by molar-refractivity contribution is 0.181. The first kappa shape index (κ1) is 10.8. The Morgan fingerprint density at radius 3 is 3.00 bits per heavy atom. The van der Waals surface area contributed by atoms with E-state index in [4.69, 9.17) is 4.52 Å². The Morgan fingerprint density at radius 1 is 1.50 bits per heavy atom. The van der Waals surface area contributed by atoms with Crippen LogP contribution in [0.1, 0.15) is 18.4 Å². The first-order chi connectivity index (χ1) is 7.66. The van der Waals surface area contributed by atoms with Gasteiger partial charge in [0.15, 0.2) is 0 Å². The van der Waals surface area contributed by atoms with Crippen LogP contribution < -0.4 is 0 Å². The molecule has 5 heteroatoms. The van der Waals surface area contributed by atoms with E-state index in [9.17, 15) is 5.11 Å². The summed E-state index contributed by atoms with van der Waals surface area (Å²) in [5, 5.41) is 13.0. The molecule has 0 amide bonds. The quantitative estimate of drug-likeness (QED) is 0.843. The van der Waals surface area contributed by atoms with Gasteiger partial charge in [0.05, 0.1) is 12.5 Å². The molecule has 0 radical (unpaired) electrons. The molecule has 0 aliphatic heterocycles. The summed E-state index contributed by atoms with van der Waals surface area (Å²) in [6, 6.07) is 3.79. The molecule has 0 aliphatic carbocycles. The predicted octanol–water partition coefficient (Wildman–Crippen LogP) is 1.36. The molecule has 2 rings (SSSR count). The number of aromatic nitrogens is 3. The summed E-state index contributed by atoms with van der Waals surface area (Å²) >= 11 is 0. The van der Waals surface area contributed by atoms with Crippen molar-refractivity contribution in [2.24, 2.45) is 0 Å². The number of aliphatic hydroxyl groups excluding tert-OH is 1. The zero-order valence-electron chi connectivity index (χ0n) is 9.21. The third-order valence-electron chi connectivity index (χ3n) is 2.16. The first-order valence-corrected chi connectivity index (χ1v) is 5.09. The van der Waals surface area contributed by atoms with Crippen molar-refractivity contribution >= 4 is 0 Å². The van der Waals surface area contributed by atoms with Crippen LogP contribution in [-0.4, -0.2) is 26.3 Å². The van der Waals surface area contributed by atoms with Crippen LogP contribution in [0.25, 0.3) is 11.5 Å². The van der Waals surface area contributed by atoms with Crippen molar-refractivity contribution in [1.82, 2.24) is 15.1 Å². The van der Waals surface area contributed by atoms with Gasteiger partial charge in [0.2, 0.25) is 11.7 Å². The van der Waals surface area contributed by atoms with E-state index in [1.54, 1.807) is 13.1 Å². The maximum Gasteiger partial charge on any atom is 0.229 e. The normalized spacial score (nSPS) is 12.7. The third-order valence-corrected chi connectivity index (χ3v) is 2.16. The molecule has 0 spiro atoms. The van der Waals surface area contributed by atoms with Crippen LogP contribution in [0.15, 0.2) is 22.9 Å². The van der Waals surface area contributed by atoms with Gasteiger partial charge in [-0.3, -0.25) is 4.98 Å². The Hall–Kier alpha value is -1.75. The summed E-state index contributed by atoms with van der Waals surface area (Å²) in [6.07, 6.45) is 1.56. The Kier molecular flexibility index (Phi) is 2.96. The van der Waals surface area contributed by atoms with E-state index in [1.807, 2.05) is 19.1 Å². The zero-order chi connectivity index (χ0) is 11.5. The lowest BCUT2D eigenvalue weighted by Gasteiger charge is -1.97. The number of aryl methyl sites for hydroxylation is 1. The van der Waals surface area contributed by atoms with Crippen molar-refractivity contribution in [3.05, 3.63) is 29.8 Å². The summed E-state index contributed by atoms with van der Waals surface area (Å²) in [4.78, 5) is 8.37. The van der Waals surface area contributed by atoms with E-state index in [-0.39, 0.29) is 0 Å². The molecular formula is C11H13N3O2. The molecule has 0 bridgehead atoms. The van der Waals surface area contributed by atoms with E-state index in [0.717, 1.165) is 5.56 Å². The molecule has 2 heterocycles. The van der Waals surface area contributed by atoms with E-state index >= 15 is 0 Å². The topological polar surface area (TPSA) is 72.0 Å². The average molecular weight is 219 g/mol. The second-order valence-electron chi connectivity index (χ2n) is 3.73. The highest BCUT2D eigenvalue weighted by molar-refractivity contribution is 5.53. The van der Waals surface area contributed by atoms with Crippen molar-refractivity contribution < 1.29 is 9.63 Å². The van der Waals surface area contributed by atoms with Gasteiger partial charge in [-0.15, -0.1) is 0 Å². The fourth-order valence-electron chi connectivity index (χ4n) is 1.41. The molecule has 0 saturated heterocycles. The van der Waals surface area contributed by atoms with Gasteiger partial charge in [-0.25, -0.2) is 0 Å². The molecule has 5 nitrogen and oxygen atoms in total. The smallest absolute Gasteiger partial charge is 0.229 e. The third kappa shape index (κ3) is 2.25. The van der Waals surface area contributed by atoms with Crippen molar-refractivity contribution in [2.45, 2.75) is 26.4 Å². The van der Waals surface area contributed by atoms with Gasteiger partial charge in [0, 0.05) is 6.20 Å². The highest BCUT2D eigenvalue weighted by Gasteiger charge is 2.12. The molecule has 16 heavy (non-hydrogen) atoms. The van der Waals surface area contributed by atoms with Crippen LogP contribution in [0.5, 0.6) is 0 Å². The molecule has 0 saturated carbocycles. The molecular weight excluding hydrogens is 206 g/mol. The Balaban J connectivity index is 2.28. The zero-order valence-corrected chi connectivity index (χ0v) is 9.21. The van der Waals surface area contributed by atoms with E-state index in [0.29, 0.717) is 23.8 Å². The monoisotopic (exact) mass is 219 g/mol. The van der Waals surface area contributed by atoms with Gasteiger partial charge >= 0.3 is 0 Å². The van der Waals surface area contributed by atoms with Crippen LogP contribution in [0.2, 0.25) is 0 Å². The van der Waals surface area contributed by atoms with E-state index < -0.39 is 6.10 Å². The second kappa shape index (κ2) is 4.40. The van der Waals surface area contributed by atoms with E-state index in [2.05, 4.69) is 15.1 Å². The number of hydrogen-bond donors (Lipinski definition) is 1. The van der Waals surface area contributed by atoms with Crippen LogP contribution in [-0.2, 0) is 6.42 Å². The predicted molar refractivity (Wildman–Crippen MR) is 57.7 cm³/mol. The number of aliphatic hydroxyl groups is 1. The van der Waals surface area contributed by atoms with Gasteiger partial charge in [-0.2, -0.15) is 4.98 Å². The largest absolute Gasteiger partial charge is 0.393 e. The van der Waals surface area contributed by atoms with Gasteiger partial charge in [-0.05, 0) is 25.5 Å². The van der Waals surface area contributed by atoms with Crippen molar-refractivity contribution in [3.8, 4) is 11.5 Å². The number of hydrogen-bond acceptors (Lipinski definition) is 5. The molecule has 84 valence electrons. The van der Waals surface area contributed by atoms with Crippen molar-refractivity contribution in [1.29, 1.82) is 0 Å². The summed E-state index contributed by atoms with van der Waals surface area (Å²) in [7, 11) is 0. The fraction of sp³-hybridized carbons (Fsp3) is 0.364. The van der Waals surface area contributed by atoms with E-state index in [1.165, 1.54) is 0 Å². The molecule has 1 N–H and O–H groups in total. The Labute approximate surface area is 93.1 Å². The summed E-state index contributed by atoms with van der Waals surface area (Å²) in [6.45, 7) is 3.61. The maximum absolute atomic E-state index is 9.20. The number of pyridine rings is 1. The average Bonchev–Trinajstić information content (AvgIpc) is 2.66. The van der Waals surface area contributed by atoms with Crippen LogP contribution in [0.4, 0.5) is 0 Å². The molecule has 0 fully saturated rings. The summed E-state index contributed by atoms with van der Waals surface area (Å²) in [5.74, 6) is 0.892. The lowest BCUT2D eigenvalue weighted by atomic mass is 10.2. The van der Waals surface area contributed by atoms with Crippen LogP contribution >= 0.6 is 0 Å². The summed E-state index contributed by atoms with van der Waals surface area (Å²) < 4.78 is 5.02. The highest BCUT2D eigenvalue weighted by Crippen LogP contribution is 2.17. The SMILES string of the molecule is Cc1cccnc1-c1noc(CC(C)O)n1. The molecule has 2 aromatic heterocycles. The minimum absolute atomic E-state index is 0.360. The molecule has 0 aliphatic rings. The summed E-state index contributed by atoms with van der Waals surface area (Å²) in [5.41, 5.74) is 1.70. The fourth-order valence-corrected chi connectivity index (χ4v) is 1.41. The lowest BCUT2D eigenvalue weighted by Crippen LogP contribution is -2.04. The maximum atomic E-state index is 9.20. The van der Waals surface area contributed by atoms with Gasteiger partial charge in [-0.1, -0.05) is 11.2 Å². The standard InChI is InChI=1S/C11H13N3O2/c1-7-4-3-5-12-10(7)11-13-9(16-14-11)6-8(2)15/h3-5,8,15H,6H2,1-2H3. The minimum atomic E-state index is -0.488. The van der Waals surface area contributed by atoms with Crippen molar-refractivity contribution in [2.75, 3.05) is 0 Å². The van der Waals surface area contributed by atoms with Gasteiger partial charge in [0.25, 0.3) is 0 Å². The molecule has 0 aromatic carbocycles. The number of rotatable bonds is 3. The second-order valence-corrected chi connectivity index (χ2v) is 3.73. The first-order valence-electron chi connectivity index (χ1n) is 5.09. The van der Waals surface area contributed by atoms with Crippen LogP contribution in [0, 0.1) is 6.92 Å². The molecule has 1 unspecified atom stereocenters. The highest BCUT2D eigenvalue weighted by atomic mass is 16.5. The van der Waals surface area contributed by atoms with Crippen molar-refractivity contribution in [3.63, 3.8) is 0 Å². The molecule has 1 atom stereocenters. The molecule has 2 aromatic rings. The Bertz CT molecular complexity index is 480. The Morgan fingerprint density at radius 2 is 2.31 bits per heavy atom.